The third kappa shape index (κ3) is 7.88. The van der Waals surface area contributed by atoms with Crippen molar-refractivity contribution in [3.05, 3.63) is 0 Å². The van der Waals surface area contributed by atoms with Crippen LogP contribution in [0.1, 0.15) is 6.42 Å². The lowest BCUT2D eigenvalue weighted by Gasteiger charge is -2.00. The van der Waals surface area contributed by atoms with Gasteiger partial charge in [-0.1, -0.05) is 0 Å². The maximum atomic E-state index is 8.34. The Hall–Kier alpha value is -0.120. The summed E-state index contributed by atoms with van der Waals surface area (Å²) in [6.45, 7) is 2.98. The molecule has 0 unspecified atom stereocenters. The molecular formula is C6H16N2O. The van der Waals surface area contributed by atoms with Crippen LogP contribution in [0.2, 0.25) is 0 Å². The van der Waals surface area contributed by atoms with Gasteiger partial charge >= 0.3 is 0 Å². The molecule has 3 heteroatoms. The van der Waals surface area contributed by atoms with Crippen molar-refractivity contribution in [2.24, 2.45) is 0 Å². The van der Waals surface area contributed by atoms with E-state index in [0.29, 0.717) is 6.54 Å². The van der Waals surface area contributed by atoms with E-state index in [9.17, 15) is 0 Å². The monoisotopic (exact) mass is 132 g/mol. The average Bonchev–Trinajstić information content (AvgIpc) is 1.89. The molecule has 56 valence electrons. The summed E-state index contributed by atoms with van der Waals surface area (Å²) in [4.78, 5) is 0. The van der Waals surface area contributed by atoms with Crippen LogP contribution in [-0.4, -0.2) is 38.4 Å². The minimum Gasteiger partial charge on any atom is -0.395 e. The molecule has 0 aromatic heterocycles. The van der Waals surface area contributed by atoms with E-state index in [1.54, 1.807) is 0 Å². The van der Waals surface area contributed by atoms with Crippen LogP contribution >= 0.6 is 0 Å². The molecule has 0 saturated carbocycles. The van der Waals surface area contributed by atoms with Crippen molar-refractivity contribution in [1.82, 2.24) is 10.6 Å². The molecule has 0 aliphatic heterocycles. The molecule has 3 N–H and O–H groups in total. The molecule has 0 aromatic rings. The number of nitrogens with one attached hydrogen (secondary N) is 2. The van der Waals surface area contributed by atoms with Crippen LogP contribution in [0.15, 0.2) is 0 Å². The van der Waals surface area contributed by atoms with Crippen molar-refractivity contribution in [2.45, 2.75) is 6.42 Å². The molecule has 3 nitrogen and oxygen atoms in total. The Bertz CT molecular complexity index is 44.3. The third-order valence-electron chi connectivity index (χ3n) is 1.07. The van der Waals surface area contributed by atoms with Crippen molar-refractivity contribution in [2.75, 3.05) is 33.3 Å². The van der Waals surface area contributed by atoms with Gasteiger partial charge in [-0.15, -0.1) is 0 Å². The van der Waals surface area contributed by atoms with E-state index in [-0.39, 0.29) is 6.61 Å². The van der Waals surface area contributed by atoms with Gasteiger partial charge < -0.3 is 15.7 Å². The average molecular weight is 132 g/mol. The van der Waals surface area contributed by atoms with E-state index >= 15 is 0 Å². The van der Waals surface area contributed by atoms with E-state index in [0.717, 1.165) is 19.5 Å². The van der Waals surface area contributed by atoms with E-state index < -0.39 is 0 Å². The number of aliphatic hydroxyl groups is 1. The normalized spacial score (nSPS) is 10.0. The van der Waals surface area contributed by atoms with Gasteiger partial charge in [-0.05, 0) is 26.6 Å². The van der Waals surface area contributed by atoms with Gasteiger partial charge in [0.25, 0.3) is 0 Å². The Kier molecular flexibility index (Phi) is 7.77. The fraction of sp³-hybridized carbons (Fsp3) is 1.00. The Morgan fingerprint density at radius 2 is 2.00 bits per heavy atom. The van der Waals surface area contributed by atoms with E-state index in [4.69, 9.17) is 5.11 Å². The minimum atomic E-state index is 0.236. The highest BCUT2D eigenvalue weighted by atomic mass is 16.3. The lowest BCUT2D eigenvalue weighted by atomic mass is 10.4. The highest BCUT2D eigenvalue weighted by Crippen LogP contribution is 1.69. The second kappa shape index (κ2) is 7.88. The van der Waals surface area contributed by atoms with Gasteiger partial charge in [0.15, 0.2) is 0 Å². The standard InChI is InChI=1S/C6H16N2O/c1-7-3-2-4-8-5-6-9/h7-9H,2-6H2,1H3. The SMILES string of the molecule is CNCCCNCCO. The van der Waals surface area contributed by atoms with Crippen LogP contribution in [0.25, 0.3) is 0 Å². The first-order valence-electron chi connectivity index (χ1n) is 3.38. The van der Waals surface area contributed by atoms with E-state index in [1.165, 1.54) is 0 Å². The lowest BCUT2D eigenvalue weighted by molar-refractivity contribution is 0.292. The largest absolute Gasteiger partial charge is 0.395 e. The highest BCUT2D eigenvalue weighted by Gasteiger charge is 1.83. The summed E-state index contributed by atoms with van der Waals surface area (Å²) in [7, 11) is 1.94. The first-order chi connectivity index (χ1) is 4.41. The Morgan fingerprint density at radius 1 is 1.22 bits per heavy atom. The first kappa shape index (κ1) is 8.88. The minimum absolute atomic E-state index is 0.236. The third-order valence-corrected chi connectivity index (χ3v) is 1.07. The van der Waals surface area contributed by atoms with E-state index in [2.05, 4.69) is 10.6 Å². The predicted octanol–water partition coefficient (Wildman–Crippen LogP) is -0.822. The highest BCUT2D eigenvalue weighted by molar-refractivity contribution is 4.47. The van der Waals surface area contributed by atoms with Gasteiger partial charge in [0.2, 0.25) is 0 Å². The van der Waals surface area contributed by atoms with Crippen LogP contribution in [-0.2, 0) is 0 Å². The maximum Gasteiger partial charge on any atom is 0.0555 e. The number of rotatable bonds is 6. The Balaban J connectivity index is 2.60. The van der Waals surface area contributed by atoms with E-state index in [1.807, 2.05) is 7.05 Å². The summed E-state index contributed by atoms with van der Waals surface area (Å²) < 4.78 is 0. The molecule has 0 saturated heterocycles. The molecule has 0 bridgehead atoms. The zero-order chi connectivity index (χ0) is 6.95. The van der Waals surface area contributed by atoms with Crippen molar-refractivity contribution >= 4 is 0 Å². The number of hydrogen-bond acceptors (Lipinski definition) is 3. The number of hydrogen-bond donors (Lipinski definition) is 3. The summed E-state index contributed by atoms with van der Waals surface area (Å²) in [6, 6.07) is 0. The smallest absolute Gasteiger partial charge is 0.0555 e. The van der Waals surface area contributed by atoms with Crippen LogP contribution in [0, 0.1) is 0 Å². The Labute approximate surface area is 56.5 Å². The molecule has 0 aliphatic carbocycles. The van der Waals surface area contributed by atoms with Gasteiger partial charge in [0.05, 0.1) is 6.61 Å². The van der Waals surface area contributed by atoms with Crippen LogP contribution in [0.3, 0.4) is 0 Å². The van der Waals surface area contributed by atoms with Crippen molar-refractivity contribution < 1.29 is 5.11 Å². The van der Waals surface area contributed by atoms with Gasteiger partial charge in [0, 0.05) is 6.54 Å². The van der Waals surface area contributed by atoms with Crippen molar-refractivity contribution in [3.63, 3.8) is 0 Å². The molecule has 0 fully saturated rings. The maximum absolute atomic E-state index is 8.34. The first-order valence-corrected chi connectivity index (χ1v) is 3.38. The Morgan fingerprint density at radius 3 is 2.56 bits per heavy atom. The van der Waals surface area contributed by atoms with Crippen LogP contribution < -0.4 is 10.6 Å². The molecule has 0 radical (unpaired) electrons. The van der Waals surface area contributed by atoms with Gasteiger partial charge in [-0.3, -0.25) is 0 Å². The van der Waals surface area contributed by atoms with Crippen molar-refractivity contribution in [1.29, 1.82) is 0 Å². The second-order valence-corrected chi connectivity index (χ2v) is 1.93. The van der Waals surface area contributed by atoms with Gasteiger partial charge in [-0.2, -0.15) is 0 Å². The summed E-state index contributed by atoms with van der Waals surface area (Å²) >= 11 is 0. The molecule has 0 aromatic carbocycles. The van der Waals surface area contributed by atoms with Gasteiger partial charge in [0.1, 0.15) is 0 Å². The molecule has 0 atom stereocenters. The van der Waals surface area contributed by atoms with Gasteiger partial charge in [-0.25, -0.2) is 0 Å². The van der Waals surface area contributed by atoms with Crippen LogP contribution in [0.5, 0.6) is 0 Å². The second-order valence-electron chi connectivity index (χ2n) is 1.93. The quantitative estimate of drug-likeness (QED) is 0.414. The predicted molar refractivity (Wildman–Crippen MR) is 38.5 cm³/mol. The zero-order valence-corrected chi connectivity index (χ0v) is 5.98. The molecular weight excluding hydrogens is 116 g/mol. The number of aliphatic hydroxyl groups excluding tert-OH is 1. The molecule has 0 amide bonds. The molecule has 0 heterocycles. The summed E-state index contributed by atoms with van der Waals surface area (Å²) in [6.07, 6.45) is 1.12. The summed E-state index contributed by atoms with van der Waals surface area (Å²) in [5.41, 5.74) is 0. The summed E-state index contributed by atoms with van der Waals surface area (Å²) in [5, 5.41) is 14.5. The summed E-state index contributed by atoms with van der Waals surface area (Å²) in [5.74, 6) is 0. The molecule has 0 rings (SSSR count). The molecule has 9 heavy (non-hydrogen) atoms. The fourth-order valence-electron chi connectivity index (χ4n) is 0.594. The lowest BCUT2D eigenvalue weighted by Crippen LogP contribution is -2.22. The topological polar surface area (TPSA) is 44.3 Å². The van der Waals surface area contributed by atoms with Crippen LogP contribution in [0.4, 0.5) is 0 Å². The molecule has 0 spiro atoms. The zero-order valence-electron chi connectivity index (χ0n) is 5.98. The molecule has 0 aliphatic rings. The van der Waals surface area contributed by atoms with Crippen molar-refractivity contribution in [3.8, 4) is 0 Å². The fourth-order valence-corrected chi connectivity index (χ4v) is 0.594.